The minimum absolute atomic E-state index is 0.130. The first-order valence-electron chi connectivity index (χ1n) is 8.10. The monoisotopic (exact) mass is 379 g/mol. The number of anilines is 1. The summed E-state index contributed by atoms with van der Waals surface area (Å²) < 4.78 is 27.5. The van der Waals surface area contributed by atoms with Crippen molar-refractivity contribution in [1.82, 2.24) is 9.62 Å². The van der Waals surface area contributed by atoms with Gasteiger partial charge in [-0.3, -0.25) is 4.79 Å². The van der Waals surface area contributed by atoms with Crippen molar-refractivity contribution >= 4 is 33.0 Å². The molecule has 0 aliphatic carbocycles. The van der Waals surface area contributed by atoms with Crippen LogP contribution in [0.3, 0.4) is 0 Å². The topological polar surface area (TPSA) is 69.7 Å². The SMILES string of the molecule is CC(=O)NCc1ccc(S(=O)(=O)N2CCN(c3ccccc3)CC2)s1. The molecule has 1 fully saturated rings. The van der Waals surface area contributed by atoms with E-state index in [1.165, 1.54) is 18.3 Å². The van der Waals surface area contributed by atoms with Crippen molar-refractivity contribution in [3.05, 3.63) is 47.3 Å². The first-order valence-corrected chi connectivity index (χ1v) is 10.4. The van der Waals surface area contributed by atoms with Crippen LogP contribution in [0.4, 0.5) is 5.69 Å². The second-order valence-corrected chi connectivity index (χ2v) is 9.19. The highest BCUT2D eigenvalue weighted by Crippen LogP contribution is 2.26. The Morgan fingerprint density at radius 2 is 1.76 bits per heavy atom. The summed E-state index contributed by atoms with van der Waals surface area (Å²) in [6, 6.07) is 13.4. The average molecular weight is 380 g/mol. The van der Waals surface area contributed by atoms with Crippen LogP contribution >= 0.6 is 11.3 Å². The quantitative estimate of drug-likeness (QED) is 0.861. The molecular formula is C17H21N3O3S2. The van der Waals surface area contributed by atoms with Crippen molar-refractivity contribution in [2.24, 2.45) is 0 Å². The van der Waals surface area contributed by atoms with Crippen LogP contribution < -0.4 is 10.2 Å². The van der Waals surface area contributed by atoms with Crippen LogP contribution in [0.2, 0.25) is 0 Å². The van der Waals surface area contributed by atoms with Gasteiger partial charge in [0.25, 0.3) is 10.0 Å². The summed E-state index contributed by atoms with van der Waals surface area (Å²) in [6.07, 6.45) is 0. The largest absolute Gasteiger partial charge is 0.369 e. The van der Waals surface area contributed by atoms with Gasteiger partial charge in [-0.05, 0) is 24.3 Å². The van der Waals surface area contributed by atoms with Crippen LogP contribution in [0.1, 0.15) is 11.8 Å². The molecule has 0 unspecified atom stereocenters. The van der Waals surface area contributed by atoms with Gasteiger partial charge in [0.15, 0.2) is 0 Å². The molecule has 1 aromatic heterocycles. The molecule has 6 nitrogen and oxygen atoms in total. The summed E-state index contributed by atoms with van der Waals surface area (Å²) in [5.41, 5.74) is 1.12. The fourth-order valence-electron chi connectivity index (χ4n) is 2.76. The predicted molar refractivity (Wildman–Crippen MR) is 99.3 cm³/mol. The Kier molecular flexibility index (Phi) is 5.41. The number of hydrogen-bond donors (Lipinski definition) is 1. The summed E-state index contributed by atoms with van der Waals surface area (Å²) in [4.78, 5) is 14.0. The number of para-hydroxylation sites is 1. The number of carbonyl (C=O) groups excluding carboxylic acids is 1. The molecule has 1 amide bonds. The maximum Gasteiger partial charge on any atom is 0.252 e. The van der Waals surface area contributed by atoms with Gasteiger partial charge in [-0.15, -0.1) is 11.3 Å². The van der Waals surface area contributed by atoms with E-state index in [9.17, 15) is 13.2 Å². The van der Waals surface area contributed by atoms with E-state index in [4.69, 9.17) is 0 Å². The number of rotatable bonds is 5. The van der Waals surface area contributed by atoms with Crippen LogP contribution in [0.5, 0.6) is 0 Å². The van der Waals surface area contributed by atoms with Gasteiger partial charge in [-0.25, -0.2) is 8.42 Å². The van der Waals surface area contributed by atoms with E-state index in [0.717, 1.165) is 10.6 Å². The lowest BCUT2D eigenvalue weighted by atomic mass is 10.2. The van der Waals surface area contributed by atoms with Crippen LogP contribution in [-0.2, 0) is 21.4 Å². The first-order chi connectivity index (χ1) is 12.0. The van der Waals surface area contributed by atoms with Gasteiger partial charge in [-0.1, -0.05) is 18.2 Å². The molecule has 0 spiro atoms. The van der Waals surface area contributed by atoms with E-state index in [2.05, 4.69) is 10.2 Å². The number of hydrogen-bond acceptors (Lipinski definition) is 5. The summed E-state index contributed by atoms with van der Waals surface area (Å²) in [5.74, 6) is -0.130. The van der Waals surface area contributed by atoms with E-state index < -0.39 is 10.0 Å². The Balaban J connectivity index is 1.65. The Labute approximate surface area is 152 Å². The van der Waals surface area contributed by atoms with E-state index in [1.807, 2.05) is 30.3 Å². The molecule has 2 aromatic rings. The van der Waals surface area contributed by atoms with Gasteiger partial charge in [0, 0.05) is 43.7 Å². The van der Waals surface area contributed by atoms with Crippen molar-refractivity contribution in [2.45, 2.75) is 17.7 Å². The molecule has 0 saturated carbocycles. The van der Waals surface area contributed by atoms with Crippen LogP contribution in [0.15, 0.2) is 46.7 Å². The van der Waals surface area contributed by atoms with E-state index in [-0.39, 0.29) is 5.91 Å². The Bertz CT molecular complexity index is 826. The summed E-state index contributed by atoms with van der Waals surface area (Å²) >= 11 is 1.21. The molecular weight excluding hydrogens is 358 g/mol. The van der Waals surface area contributed by atoms with Gasteiger partial charge in [0.2, 0.25) is 5.91 Å². The fraction of sp³-hybridized carbons (Fsp3) is 0.353. The number of piperazine rings is 1. The molecule has 1 aliphatic heterocycles. The first kappa shape index (κ1) is 17.9. The maximum atomic E-state index is 12.8. The number of sulfonamides is 1. The van der Waals surface area contributed by atoms with Gasteiger partial charge in [0.1, 0.15) is 4.21 Å². The molecule has 1 saturated heterocycles. The Hall–Kier alpha value is -1.90. The van der Waals surface area contributed by atoms with E-state index >= 15 is 0 Å². The lowest BCUT2D eigenvalue weighted by molar-refractivity contribution is -0.119. The number of nitrogens with one attached hydrogen (secondary N) is 1. The van der Waals surface area contributed by atoms with Crippen molar-refractivity contribution < 1.29 is 13.2 Å². The third kappa shape index (κ3) is 4.20. The molecule has 0 bridgehead atoms. The Morgan fingerprint density at radius 1 is 1.08 bits per heavy atom. The van der Waals surface area contributed by atoms with E-state index in [0.29, 0.717) is 36.9 Å². The molecule has 1 N–H and O–H groups in total. The minimum Gasteiger partial charge on any atom is -0.369 e. The molecule has 1 aromatic carbocycles. The smallest absolute Gasteiger partial charge is 0.252 e. The lowest BCUT2D eigenvalue weighted by Gasteiger charge is -2.35. The highest BCUT2D eigenvalue weighted by Gasteiger charge is 2.29. The highest BCUT2D eigenvalue weighted by molar-refractivity contribution is 7.91. The minimum atomic E-state index is -3.47. The molecule has 1 aliphatic rings. The third-order valence-corrected chi connectivity index (χ3v) is 7.55. The van der Waals surface area contributed by atoms with Gasteiger partial charge in [0.05, 0.1) is 6.54 Å². The second kappa shape index (κ2) is 7.55. The van der Waals surface area contributed by atoms with Gasteiger partial charge >= 0.3 is 0 Å². The van der Waals surface area contributed by atoms with Crippen molar-refractivity contribution in [2.75, 3.05) is 31.1 Å². The molecule has 134 valence electrons. The van der Waals surface area contributed by atoms with Crippen LogP contribution in [0, 0.1) is 0 Å². The number of benzene rings is 1. The van der Waals surface area contributed by atoms with Crippen LogP contribution in [0.25, 0.3) is 0 Å². The molecule has 2 heterocycles. The van der Waals surface area contributed by atoms with E-state index in [1.54, 1.807) is 16.4 Å². The highest BCUT2D eigenvalue weighted by atomic mass is 32.2. The standard InChI is InChI=1S/C17H21N3O3S2/c1-14(21)18-13-16-7-8-17(24-16)25(22,23)20-11-9-19(10-12-20)15-5-3-2-4-6-15/h2-8H,9-13H2,1H3,(H,18,21). The molecule has 3 rings (SSSR count). The average Bonchev–Trinajstić information content (AvgIpc) is 3.11. The fourth-order valence-corrected chi connectivity index (χ4v) is 5.63. The molecule has 0 radical (unpaired) electrons. The lowest BCUT2D eigenvalue weighted by Crippen LogP contribution is -2.48. The van der Waals surface area contributed by atoms with Crippen LogP contribution in [-0.4, -0.2) is 44.8 Å². The number of nitrogens with zero attached hydrogens (tertiary/aromatic N) is 2. The van der Waals surface area contributed by atoms with Crippen molar-refractivity contribution in [3.63, 3.8) is 0 Å². The van der Waals surface area contributed by atoms with Crippen molar-refractivity contribution in [1.29, 1.82) is 0 Å². The summed E-state index contributed by atoms with van der Waals surface area (Å²) in [7, 11) is -3.47. The third-order valence-electron chi connectivity index (χ3n) is 4.10. The number of amides is 1. The molecule has 25 heavy (non-hydrogen) atoms. The normalized spacial score (nSPS) is 16.0. The maximum absolute atomic E-state index is 12.8. The zero-order valence-corrected chi connectivity index (χ0v) is 15.6. The van der Waals surface area contributed by atoms with Gasteiger partial charge < -0.3 is 10.2 Å². The molecule has 0 atom stereocenters. The molecule has 8 heteroatoms. The number of carbonyl (C=O) groups is 1. The second-order valence-electron chi connectivity index (χ2n) is 5.86. The van der Waals surface area contributed by atoms with Gasteiger partial charge in [-0.2, -0.15) is 4.31 Å². The Morgan fingerprint density at radius 3 is 2.40 bits per heavy atom. The zero-order valence-electron chi connectivity index (χ0n) is 14.0. The summed E-state index contributed by atoms with van der Waals surface area (Å²) in [6.45, 7) is 4.09. The number of thiophene rings is 1. The predicted octanol–water partition coefficient (Wildman–Crippen LogP) is 1.90. The summed E-state index contributed by atoms with van der Waals surface area (Å²) in [5, 5.41) is 2.69. The zero-order chi connectivity index (χ0) is 17.9. The van der Waals surface area contributed by atoms with Crippen molar-refractivity contribution in [3.8, 4) is 0 Å².